The lowest BCUT2D eigenvalue weighted by Gasteiger charge is -2.35. The molecule has 166 valence electrons. The number of hydrogen-bond donors (Lipinski definition) is 1. The van der Waals surface area contributed by atoms with Crippen molar-refractivity contribution in [3.63, 3.8) is 0 Å². The Kier molecular flexibility index (Phi) is 6.83. The van der Waals surface area contributed by atoms with E-state index in [0.717, 1.165) is 6.07 Å². The van der Waals surface area contributed by atoms with Gasteiger partial charge in [0.25, 0.3) is 11.8 Å². The van der Waals surface area contributed by atoms with Gasteiger partial charge in [-0.05, 0) is 43.4 Å². The number of sulfonamides is 1. The number of piperazine rings is 1. The molecule has 1 fully saturated rings. The Balaban J connectivity index is 1.74. The van der Waals surface area contributed by atoms with Crippen LogP contribution in [0.5, 0.6) is 5.75 Å². The lowest BCUT2D eigenvalue weighted by Crippen LogP contribution is -2.50. The van der Waals surface area contributed by atoms with Crippen LogP contribution < -0.4 is 9.46 Å². The summed E-state index contributed by atoms with van der Waals surface area (Å²) in [4.78, 5) is 28.3. The number of carbonyl (C=O) groups is 2. The summed E-state index contributed by atoms with van der Waals surface area (Å²) in [6, 6.07) is 7.93. The van der Waals surface area contributed by atoms with Crippen molar-refractivity contribution in [2.75, 3.05) is 40.3 Å². The second kappa shape index (κ2) is 9.21. The first kappa shape index (κ1) is 23.0. The summed E-state index contributed by atoms with van der Waals surface area (Å²) < 4.78 is 45.8. The van der Waals surface area contributed by atoms with E-state index in [1.165, 1.54) is 54.3 Å². The van der Waals surface area contributed by atoms with Crippen molar-refractivity contribution in [3.8, 4) is 5.75 Å². The summed E-state index contributed by atoms with van der Waals surface area (Å²) in [6.07, 6.45) is 0. The lowest BCUT2D eigenvalue weighted by atomic mass is 10.1. The van der Waals surface area contributed by atoms with E-state index < -0.39 is 21.7 Å². The Bertz CT molecular complexity index is 1120. The highest BCUT2D eigenvalue weighted by atomic mass is 35.5. The van der Waals surface area contributed by atoms with Crippen LogP contribution in [0.4, 0.5) is 4.39 Å². The zero-order chi connectivity index (χ0) is 22.8. The summed E-state index contributed by atoms with van der Waals surface area (Å²) in [6.45, 7) is 0.836. The molecule has 0 aromatic heterocycles. The molecule has 0 unspecified atom stereocenters. The molecule has 0 aliphatic carbocycles. The Hall–Kier alpha value is -2.69. The molecule has 8 nitrogen and oxygen atoms in total. The van der Waals surface area contributed by atoms with E-state index in [4.69, 9.17) is 16.3 Å². The van der Waals surface area contributed by atoms with E-state index in [0.29, 0.717) is 0 Å². The van der Waals surface area contributed by atoms with Gasteiger partial charge in [0.1, 0.15) is 16.5 Å². The van der Waals surface area contributed by atoms with Crippen molar-refractivity contribution in [3.05, 3.63) is 58.4 Å². The van der Waals surface area contributed by atoms with E-state index in [1.807, 2.05) is 0 Å². The molecule has 0 saturated carbocycles. The number of halogens is 2. The van der Waals surface area contributed by atoms with Gasteiger partial charge >= 0.3 is 0 Å². The number of carbonyl (C=O) groups excluding carboxylic acids is 2. The minimum absolute atomic E-state index is 0.116. The van der Waals surface area contributed by atoms with Crippen LogP contribution in [0.25, 0.3) is 0 Å². The molecule has 2 amide bonds. The van der Waals surface area contributed by atoms with E-state index in [1.54, 1.807) is 0 Å². The lowest BCUT2D eigenvalue weighted by molar-refractivity contribution is 0.0532. The van der Waals surface area contributed by atoms with E-state index in [2.05, 4.69) is 4.72 Å². The SMILES string of the molecule is CNS(=O)(=O)c1cc(C(=O)N2CCN(C(=O)c3cc(Cl)ccc3F)CC2)ccc1OC. The van der Waals surface area contributed by atoms with E-state index in [-0.39, 0.29) is 58.9 Å². The monoisotopic (exact) mass is 469 g/mol. The molecule has 1 aliphatic rings. The van der Waals surface area contributed by atoms with Gasteiger partial charge in [-0.15, -0.1) is 0 Å². The minimum Gasteiger partial charge on any atom is -0.495 e. The van der Waals surface area contributed by atoms with Crippen molar-refractivity contribution >= 4 is 33.4 Å². The second-order valence-electron chi connectivity index (χ2n) is 6.78. The van der Waals surface area contributed by atoms with Gasteiger partial charge in [0.15, 0.2) is 0 Å². The van der Waals surface area contributed by atoms with Gasteiger partial charge < -0.3 is 14.5 Å². The second-order valence-corrected chi connectivity index (χ2v) is 9.07. The Morgan fingerprint density at radius 2 is 1.65 bits per heavy atom. The molecule has 11 heteroatoms. The predicted octanol–water partition coefficient (Wildman–Crippen LogP) is 1.99. The summed E-state index contributed by atoms with van der Waals surface area (Å²) in [7, 11) is -1.23. The molecule has 31 heavy (non-hydrogen) atoms. The number of hydrogen-bond acceptors (Lipinski definition) is 5. The number of rotatable bonds is 5. The number of nitrogens with one attached hydrogen (secondary N) is 1. The number of benzene rings is 2. The quantitative estimate of drug-likeness (QED) is 0.722. The molecule has 0 bridgehead atoms. The largest absolute Gasteiger partial charge is 0.495 e. The zero-order valence-electron chi connectivity index (χ0n) is 16.9. The molecule has 1 N–H and O–H groups in total. The molecular formula is C20H21ClFN3O5S. The number of methoxy groups -OCH3 is 1. The van der Waals surface area contributed by atoms with Crippen LogP contribution in [-0.4, -0.2) is 70.4 Å². The first-order chi connectivity index (χ1) is 14.7. The highest BCUT2D eigenvalue weighted by molar-refractivity contribution is 7.89. The van der Waals surface area contributed by atoms with Gasteiger partial charge in [-0.3, -0.25) is 9.59 Å². The van der Waals surface area contributed by atoms with Crippen LogP contribution in [0.15, 0.2) is 41.3 Å². The molecule has 2 aromatic rings. The van der Waals surface area contributed by atoms with Crippen LogP contribution in [-0.2, 0) is 10.0 Å². The predicted molar refractivity (Wildman–Crippen MR) is 112 cm³/mol. The zero-order valence-corrected chi connectivity index (χ0v) is 18.5. The smallest absolute Gasteiger partial charge is 0.257 e. The van der Waals surface area contributed by atoms with Crippen molar-refractivity contribution < 1.29 is 27.1 Å². The van der Waals surface area contributed by atoms with Gasteiger partial charge in [-0.1, -0.05) is 11.6 Å². The first-order valence-electron chi connectivity index (χ1n) is 9.33. The molecule has 0 spiro atoms. The first-order valence-corrected chi connectivity index (χ1v) is 11.2. The average molecular weight is 470 g/mol. The van der Waals surface area contributed by atoms with Crippen LogP contribution in [0.1, 0.15) is 20.7 Å². The van der Waals surface area contributed by atoms with Gasteiger partial charge in [-0.25, -0.2) is 17.5 Å². The molecule has 1 aliphatic heterocycles. The van der Waals surface area contributed by atoms with Crippen LogP contribution in [0.2, 0.25) is 5.02 Å². The highest BCUT2D eigenvalue weighted by Gasteiger charge is 2.28. The third-order valence-electron chi connectivity index (χ3n) is 4.98. The molecular weight excluding hydrogens is 449 g/mol. The van der Waals surface area contributed by atoms with Crippen LogP contribution in [0.3, 0.4) is 0 Å². The van der Waals surface area contributed by atoms with Crippen molar-refractivity contribution in [1.29, 1.82) is 0 Å². The molecule has 3 rings (SSSR count). The third kappa shape index (κ3) is 4.81. The maximum atomic E-state index is 14.0. The fourth-order valence-corrected chi connectivity index (χ4v) is 4.35. The van der Waals surface area contributed by atoms with Crippen molar-refractivity contribution in [2.24, 2.45) is 0 Å². The molecule has 1 saturated heterocycles. The molecule has 0 radical (unpaired) electrons. The number of nitrogens with zero attached hydrogens (tertiary/aromatic N) is 2. The topological polar surface area (TPSA) is 96.0 Å². The van der Waals surface area contributed by atoms with Crippen molar-refractivity contribution in [1.82, 2.24) is 14.5 Å². The number of ether oxygens (including phenoxy) is 1. The molecule has 2 aromatic carbocycles. The molecule has 0 atom stereocenters. The maximum absolute atomic E-state index is 14.0. The fourth-order valence-electron chi connectivity index (χ4n) is 3.26. The average Bonchev–Trinajstić information content (AvgIpc) is 2.79. The van der Waals surface area contributed by atoms with Crippen LogP contribution >= 0.6 is 11.6 Å². The Morgan fingerprint density at radius 3 is 2.23 bits per heavy atom. The van der Waals surface area contributed by atoms with Gasteiger partial charge in [0, 0.05) is 36.8 Å². The summed E-state index contributed by atoms with van der Waals surface area (Å²) in [5.41, 5.74) is 0.0552. The maximum Gasteiger partial charge on any atom is 0.257 e. The Morgan fingerprint density at radius 1 is 1.03 bits per heavy atom. The standard InChI is InChI=1S/C20H21ClFN3O5S/c1-23-31(28,29)18-11-13(3-6-17(18)30-2)19(26)24-7-9-25(10-8-24)20(27)15-12-14(21)4-5-16(15)22/h3-6,11-12,23H,7-10H2,1-2H3. The van der Waals surface area contributed by atoms with Crippen molar-refractivity contribution in [2.45, 2.75) is 4.90 Å². The van der Waals surface area contributed by atoms with Gasteiger partial charge in [0.2, 0.25) is 10.0 Å². The van der Waals surface area contributed by atoms with E-state index in [9.17, 15) is 22.4 Å². The Labute approximate surface area is 184 Å². The van der Waals surface area contributed by atoms with Gasteiger partial charge in [-0.2, -0.15) is 0 Å². The summed E-state index contributed by atoms with van der Waals surface area (Å²) in [5.74, 6) is -1.43. The number of amides is 2. The van der Waals surface area contributed by atoms with Gasteiger partial charge in [0.05, 0.1) is 12.7 Å². The normalized spacial score (nSPS) is 14.5. The fraction of sp³-hybridized carbons (Fsp3) is 0.300. The highest BCUT2D eigenvalue weighted by Crippen LogP contribution is 2.26. The summed E-state index contributed by atoms with van der Waals surface area (Å²) >= 11 is 5.86. The third-order valence-corrected chi connectivity index (χ3v) is 6.65. The minimum atomic E-state index is -3.83. The summed E-state index contributed by atoms with van der Waals surface area (Å²) in [5, 5.41) is 0.255. The van der Waals surface area contributed by atoms with E-state index >= 15 is 0 Å². The molecule has 1 heterocycles. The van der Waals surface area contributed by atoms with Crippen LogP contribution in [0, 0.1) is 5.82 Å².